The molecule has 2 aromatic carbocycles. The Balaban J connectivity index is 1.72. The summed E-state index contributed by atoms with van der Waals surface area (Å²) < 4.78 is 9.80. The van der Waals surface area contributed by atoms with Crippen molar-refractivity contribution < 1.29 is 19.1 Å². The van der Waals surface area contributed by atoms with E-state index in [2.05, 4.69) is 22.2 Å². The van der Waals surface area contributed by atoms with E-state index in [-0.39, 0.29) is 5.91 Å². The van der Waals surface area contributed by atoms with Crippen molar-refractivity contribution in [3.05, 3.63) is 59.7 Å². The van der Waals surface area contributed by atoms with Crippen LogP contribution in [0.5, 0.6) is 5.75 Å². The van der Waals surface area contributed by atoms with Crippen LogP contribution in [0, 0.1) is 0 Å². The monoisotopic (exact) mass is 370 g/mol. The highest BCUT2D eigenvalue weighted by Gasteiger charge is 2.09. The number of carbonyl (C=O) groups excluding carboxylic acids is 2. The first-order valence-corrected chi connectivity index (χ1v) is 8.81. The molecule has 0 spiro atoms. The van der Waals surface area contributed by atoms with Gasteiger partial charge in [-0.2, -0.15) is 0 Å². The van der Waals surface area contributed by atoms with Crippen LogP contribution in [0.3, 0.4) is 0 Å². The lowest BCUT2D eigenvalue weighted by Gasteiger charge is -2.16. The number of aryl methyl sites for hydroxylation is 1. The lowest BCUT2D eigenvalue weighted by atomic mass is 10.1. The summed E-state index contributed by atoms with van der Waals surface area (Å²) in [5, 5.41) is 2.83. The normalized spacial score (nSPS) is 10.5. The SMILES string of the molecule is COC(=O)c1ccc(NC(=O)CN(C)CCCc2ccc(OC)cc2)cc1. The number of rotatable bonds is 9. The second-order valence-electron chi connectivity index (χ2n) is 6.31. The highest BCUT2D eigenvalue weighted by atomic mass is 16.5. The Morgan fingerprint density at radius 1 is 1.00 bits per heavy atom. The number of hydrogen-bond donors (Lipinski definition) is 1. The molecule has 0 saturated carbocycles. The largest absolute Gasteiger partial charge is 0.497 e. The number of ether oxygens (including phenoxy) is 2. The van der Waals surface area contributed by atoms with Gasteiger partial charge in [-0.05, 0) is 68.4 Å². The van der Waals surface area contributed by atoms with Crippen LogP contribution in [0.4, 0.5) is 5.69 Å². The lowest BCUT2D eigenvalue weighted by Crippen LogP contribution is -2.31. The first kappa shape index (κ1) is 20.5. The smallest absolute Gasteiger partial charge is 0.337 e. The van der Waals surface area contributed by atoms with Gasteiger partial charge in [0.15, 0.2) is 0 Å². The molecular formula is C21H26N2O4. The number of carbonyl (C=O) groups is 2. The Kier molecular flexibility index (Phi) is 7.82. The number of benzene rings is 2. The van der Waals surface area contributed by atoms with E-state index in [0.29, 0.717) is 17.8 Å². The molecule has 0 bridgehead atoms. The Morgan fingerprint density at radius 2 is 1.67 bits per heavy atom. The summed E-state index contributed by atoms with van der Waals surface area (Å²) in [7, 11) is 4.92. The molecule has 2 aromatic rings. The van der Waals surface area contributed by atoms with Crippen molar-refractivity contribution in [3.8, 4) is 5.75 Å². The summed E-state index contributed by atoms with van der Waals surface area (Å²) in [5.41, 5.74) is 2.35. The van der Waals surface area contributed by atoms with Gasteiger partial charge in [0.05, 0.1) is 26.3 Å². The number of methoxy groups -OCH3 is 2. The van der Waals surface area contributed by atoms with Gasteiger partial charge in [0, 0.05) is 5.69 Å². The van der Waals surface area contributed by atoms with E-state index in [1.165, 1.54) is 12.7 Å². The summed E-state index contributed by atoms with van der Waals surface area (Å²) in [4.78, 5) is 25.5. The zero-order chi connectivity index (χ0) is 19.6. The third kappa shape index (κ3) is 6.75. The number of hydrogen-bond acceptors (Lipinski definition) is 5. The molecule has 144 valence electrons. The number of esters is 1. The van der Waals surface area contributed by atoms with Gasteiger partial charge in [0.1, 0.15) is 5.75 Å². The van der Waals surface area contributed by atoms with Gasteiger partial charge in [-0.1, -0.05) is 12.1 Å². The van der Waals surface area contributed by atoms with Crippen molar-refractivity contribution in [1.82, 2.24) is 4.90 Å². The molecule has 27 heavy (non-hydrogen) atoms. The first-order chi connectivity index (χ1) is 13.0. The van der Waals surface area contributed by atoms with Crippen LogP contribution in [-0.4, -0.2) is 51.1 Å². The second kappa shape index (κ2) is 10.3. The van der Waals surface area contributed by atoms with Gasteiger partial charge in [-0.3, -0.25) is 9.69 Å². The molecule has 0 aliphatic rings. The van der Waals surface area contributed by atoms with Crippen molar-refractivity contribution in [3.63, 3.8) is 0 Å². The summed E-state index contributed by atoms with van der Waals surface area (Å²) in [6, 6.07) is 14.7. The van der Waals surface area contributed by atoms with Gasteiger partial charge >= 0.3 is 5.97 Å². The van der Waals surface area contributed by atoms with E-state index >= 15 is 0 Å². The van der Waals surface area contributed by atoms with E-state index in [0.717, 1.165) is 25.1 Å². The Labute approximate surface area is 160 Å². The van der Waals surface area contributed by atoms with Crippen LogP contribution in [0.2, 0.25) is 0 Å². The molecule has 0 radical (unpaired) electrons. The summed E-state index contributed by atoms with van der Waals surface area (Å²) in [6.07, 6.45) is 1.91. The summed E-state index contributed by atoms with van der Waals surface area (Å²) in [6.45, 7) is 1.13. The number of anilines is 1. The molecule has 6 heteroatoms. The number of nitrogens with one attached hydrogen (secondary N) is 1. The van der Waals surface area contributed by atoms with Gasteiger partial charge in [0.25, 0.3) is 0 Å². The van der Waals surface area contributed by atoms with E-state index in [9.17, 15) is 9.59 Å². The van der Waals surface area contributed by atoms with Gasteiger partial charge < -0.3 is 14.8 Å². The van der Waals surface area contributed by atoms with Crippen LogP contribution < -0.4 is 10.1 Å². The fourth-order valence-corrected chi connectivity index (χ4v) is 2.68. The third-order valence-electron chi connectivity index (χ3n) is 4.17. The Hall–Kier alpha value is -2.86. The van der Waals surface area contributed by atoms with Crippen molar-refractivity contribution in [2.45, 2.75) is 12.8 Å². The third-order valence-corrected chi connectivity index (χ3v) is 4.17. The van der Waals surface area contributed by atoms with Crippen LogP contribution in [-0.2, 0) is 16.0 Å². The van der Waals surface area contributed by atoms with Crippen molar-refractivity contribution >= 4 is 17.6 Å². The molecular weight excluding hydrogens is 344 g/mol. The van der Waals surface area contributed by atoms with Crippen molar-refractivity contribution in [1.29, 1.82) is 0 Å². The zero-order valence-corrected chi connectivity index (χ0v) is 16.0. The van der Waals surface area contributed by atoms with E-state index in [4.69, 9.17) is 4.74 Å². The molecule has 6 nitrogen and oxygen atoms in total. The molecule has 1 amide bonds. The molecule has 0 heterocycles. The zero-order valence-electron chi connectivity index (χ0n) is 16.0. The second-order valence-corrected chi connectivity index (χ2v) is 6.31. The highest BCUT2D eigenvalue weighted by Crippen LogP contribution is 2.13. The number of likely N-dealkylation sites (N-methyl/N-ethyl adjacent to an activating group) is 1. The molecule has 0 aliphatic carbocycles. The molecule has 0 unspecified atom stereocenters. The van der Waals surface area contributed by atoms with Gasteiger partial charge in [-0.25, -0.2) is 4.79 Å². The Morgan fingerprint density at radius 3 is 2.26 bits per heavy atom. The predicted molar refractivity (Wildman–Crippen MR) is 105 cm³/mol. The van der Waals surface area contributed by atoms with E-state index < -0.39 is 5.97 Å². The van der Waals surface area contributed by atoms with Crippen LogP contribution in [0.15, 0.2) is 48.5 Å². The number of nitrogens with zero attached hydrogens (tertiary/aromatic N) is 1. The maximum Gasteiger partial charge on any atom is 0.337 e. The standard InChI is InChI=1S/C21H26N2O4/c1-23(14-4-5-16-6-12-19(26-2)13-7-16)15-20(24)22-18-10-8-17(9-11-18)21(25)27-3/h6-13H,4-5,14-15H2,1-3H3,(H,22,24). The van der Waals surface area contributed by atoms with Crippen molar-refractivity contribution in [2.24, 2.45) is 0 Å². The van der Waals surface area contributed by atoms with Gasteiger partial charge in [0.2, 0.25) is 5.91 Å². The Bertz CT molecular complexity index is 742. The van der Waals surface area contributed by atoms with E-state index in [1.807, 2.05) is 24.1 Å². The molecule has 1 N–H and O–H groups in total. The first-order valence-electron chi connectivity index (χ1n) is 8.81. The minimum atomic E-state index is -0.399. The number of amides is 1. The van der Waals surface area contributed by atoms with Crippen LogP contribution >= 0.6 is 0 Å². The summed E-state index contributed by atoms with van der Waals surface area (Å²) >= 11 is 0. The van der Waals surface area contributed by atoms with E-state index in [1.54, 1.807) is 31.4 Å². The minimum absolute atomic E-state index is 0.0900. The molecule has 0 saturated heterocycles. The topological polar surface area (TPSA) is 67.9 Å². The molecule has 2 rings (SSSR count). The predicted octanol–water partition coefficient (Wildman–Crippen LogP) is 2.98. The highest BCUT2D eigenvalue weighted by molar-refractivity contribution is 5.93. The molecule has 0 atom stereocenters. The van der Waals surface area contributed by atoms with Gasteiger partial charge in [-0.15, -0.1) is 0 Å². The molecule has 0 fully saturated rings. The molecule has 0 aliphatic heterocycles. The summed E-state index contributed by atoms with van der Waals surface area (Å²) in [5.74, 6) is 0.365. The lowest BCUT2D eigenvalue weighted by molar-refractivity contribution is -0.117. The average molecular weight is 370 g/mol. The fourth-order valence-electron chi connectivity index (χ4n) is 2.68. The fraction of sp³-hybridized carbons (Fsp3) is 0.333. The minimum Gasteiger partial charge on any atom is -0.497 e. The maximum atomic E-state index is 12.1. The quantitative estimate of drug-likeness (QED) is 0.688. The molecule has 0 aromatic heterocycles. The van der Waals surface area contributed by atoms with Crippen LogP contribution in [0.25, 0.3) is 0 Å². The van der Waals surface area contributed by atoms with Crippen LogP contribution in [0.1, 0.15) is 22.3 Å². The average Bonchev–Trinajstić information content (AvgIpc) is 2.68. The maximum absolute atomic E-state index is 12.1. The van der Waals surface area contributed by atoms with Crippen molar-refractivity contribution in [2.75, 3.05) is 39.7 Å².